The number of aromatic nitrogens is 2. The third-order valence-electron chi connectivity index (χ3n) is 2.10. The van der Waals surface area contributed by atoms with Crippen LogP contribution < -0.4 is 0 Å². The van der Waals surface area contributed by atoms with Crippen molar-refractivity contribution in [3.8, 4) is 10.7 Å². The molecule has 2 aromatic rings. The topological polar surface area (TPSA) is 38.9 Å². The third kappa shape index (κ3) is 1.27. The molecule has 0 aliphatic heterocycles. The van der Waals surface area contributed by atoms with Crippen molar-refractivity contribution in [3.63, 3.8) is 0 Å². The lowest BCUT2D eigenvalue weighted by atomic mass is 10.4. The molecule has 0 bridgehead atoms. The second-order valence-corrected chi connectivity index (χ2v) is 4.08. The third-order valence-corrected chi connectivity index (χ3v) is 2.90. The van der Waals surface area contributed by atoms with E-state index in [0.717, 1.165) is 16.6 Å². The average Bonchev–Trinajstić information content (AvgIpc) is 2.72. The normalized spacial score (nSPS) is 16.3. The fourth-order valence-corrected chi connectivity index (χ4v) is 1.84. The number of hydrogen-bond donors (Lipinski definition) is 0. The molecule has 0 amide bonds. The summed E-state index contributed by atoms with van der Waals surface area (Å²) in [5.74, 6) is 1.46. The Morgan fingerprint density at radius 2 is 2.38 bits per heavy atom. The van der Waals surface area contributed by atoms with Crippen LogP contribution in [0.5, 0.6) is 0 Å². The highest BCUT2D eigenvalue weighted by atomic mass is 32.1. The van der Waals surface area contributed by atoms with E-state index in [1.807, 2.05) is 5.38 Å². The van der Waals surface area contributed by atoms with Crippen molar-refractivity contribution in [1.82, 2.24) is 9.97 Å². The Kier molecular flexibility index (Phi) is 1.49. The lowest BCUT2D eigenvalue weighted by molar-refractivity contribution is 0.497. The Labute approximate surface area is 79.5 Å². The maximum Gasteiger partial charge on any atom is 0.197 e. The molecule has 2 aromatic heterocycles. The van der Waals surface area contributed by atoms with Crippen LogP contribution in [0.4, 0.5) is 0 Å². The van der Waals surface area contributed by atoms with Gasteiger partial charge in [0.2, 0.25) is 0 Å². The number of nitrogens with zero attached hydrogens (tertiary/aromatic N) is 2. The standard InChI is InChI=1S/C9H8N2OS/c1-2-6(1)8-11-7(5-12-8)9-10-3-4-13-9/h3-6H,1-2H2. The van der Waals surface area contributed by atoms with Gasteiger partial charge in [0.15, 0.2) is 5.89 Å². The zero-order chi connectivity index (χ0) is 8.67. The second-order valence-electron chi connectivity index (χ2n) is 3.18. The van der Waals surface area contributed by atoms with Crippen molar-refractivity contribution in [2.75, 3.05) is 0 Å². The average molecular weight is 192 g/mol. The van der Waals surface area contributed by atoms with Crippen molar-refractivity contribution >= 4 is 11.3 Å². The van der Waals surface area contributed by atoms with Crippen LogP contribution in [0, 0.1) is 0 Å². The van der Waals surface area contributed by atoms with E-state index < -0.39 is 0 Å². The van der Waals surface area contributed by atoms with Crippen LogP contribution in [-0.4, -0.2) is 9.97 Å². The highest BCUT2D eigenvalue weighted by Gasteiger charge is 2.28. The van der Waals surface area contributed by atoms with E-state index in [0.29, 0.717) is 5.92 Å². The minimum atomic E-state index is 0.578. The molecule has 1 aliphatic carbocycles. The molecule has 0 unspecified atom stereocenters. The summed E-state index contributed by atoms with van der Waals surface area (Å²) in [5, 5.41) is 2.89. The maximum atomic E-state index is 5.37. The van der Waals surface area contributed by atoms with Gasteiger partial charge in [-0.05, 0) is 12.8 Å². The van der Waals surface area contributed by atoms with Crippen LogP contribution in [0.15, 0.2) is 22.3 Å². The highest BCUT2D eigenvalue weighted by Crippen LogP contribution is 2.40. The number of rotatable bonds is 2. The molecule has 0 N–H and O–H groups in total. The zero-order valence-electron chi connectivity index (χ0n) is 6.93. The SMILES string of the molecule is c1csc(-c2coc(C3CC3)n2)n1. The molecule has 4 heteroatoms. The maximum absolute atomic E-state index is 5.37. The van der Waals surface area contributed by atoms with Gasteiger partial charge in [0.1, 0.15) is 17.0 Å². The Morgan fingerprint density at radius 1 is 1.46 bits per heavy atom. The molecular weight excluding hydrogens is 184 g/mol. The predicted octanol–water partition coefficient (Wildman–Crippen LogP) is 2.68. The second kappa shape index (κ2) is 2.67. The molecular formula is C9H8N2OS. The van der Waals surface area contributed by atoms with Crippen LogP contribution in [-0.2, 0) is 0 Å². The molecule has 2 heterocycles. The van der Waals surface area contributed by atoms with Crippen LogP contribution in [0.25, 0.3) is 10.7 Å². The first kappa shape index (κ1) is 7.26. The first-order valence-corrected chi connectivity index (χ1v) is 5.17. The van der Waals surface area contributed by atoms with Crippen molar-refractivity contribution in [2.45, 2.75) is 18.8 Å². The molecule has 0 aromatic carbocycles. The summed E-state index contributed by atoms with van der Waals surface area (Å²) in [7, 11) is 0. The van der Waals surface area contributed by atoms with E-state index >= 15 is 0 Å². The Balaban J connectivity index is 1.97. The van der Waals surface area contributed by atoms with Crippen molar-refractivity contribution in [1.29, 1.82) is 0 Å². The lowest BCUT2D eigenvalue weighted by Gasteiger charge is -1.84. The Morgan fingerprint density at radius 3 is 3.08 bits per heavy atom. The van der Waals surface area contributed by atoms with E-state index in [-0.39, 0.29) is 0 Å². The fourth-order valence-electron chi connectivity index (χ4n) is 1.25. The smallest absolute Gasteiger partial charge is 0.197 e. The van der Waals surface area contributed by atoms with Gasteiger partial charge in [0, 0.05) is 17.5 Å². The number of oxazole rings is 1. The summed E-state index contributed by atoms with van der Waals surface area (Å²) in [6, 6.07) is 0. The summed E-state index contributed by atoms with van der Waals surface area (Å²) < 4.78 is 5.37. The Bertz CT molecular complexity index is 403. The lowest BCUT2D eigenvalue weighted by Crippen LogP contribution is -1.79. The first-order chi connectivity index (χ1) is 6.43. The van der Waals surface area contributed by atoms with Crippen LogP contribution in [0.1, 0.15) is 24.7 Å². The molecule has 0 atom stereocenters. The molecule has 66 valence electrons. The Hall–Kier alpha value is -1.16. The van der Waals surface area contributed by atoms with Crippen LogP contribution in [0.2, 0.25) is 0 Å². The molecule has 13 heavy (non-hydrogen) atoms. The van der Waals surface area contributed by atoms with Crippen molar-refractivity contribution < 1.29 is 4.42 Å². The monoisotopic (exact) mass is 192 g/mol. The largest absolute Gasteiger partial charge is 0.448 e. The van der Waals surface area contributed by atoms with Gasteiger partial charge in [0.25, 0.3) is 0 Å². The van der Waals surface area contributed by atoms with Gasteiger partial charge in [-0.25, -0.2) is 9.97 Å². The number of thiazole rings is 1. The van der Waals surface area contributed by atoms with Gasteiger partial charge < -0.3 is 4.42 Å². The summed E-state index contributed by atoms with van der Waals surface area (Å²) in [5.41, 5.74) is 0.872. The van der Waals surface area contributed by atoms with Gasteiger partial charge in [0.05, 0.1) is 0 Å². The van der Waals surface area contributed by atoms with Crippen molar-refractivity contribution in [2.24, 2.45) is 0 Å². The van der Waals surface area contributed by atoms with Crippen LogP contribution >= 0.6 is 11.3 Å². The molecule has 1 fully saturated rings. The van der Waals surface area contributed by atoms with Gasteiger partial charge in [-0.2, -0.15) is 0 Å². The van der Waals surface area contributed by atoms with E-state index in [4.69, 9.17) is 4.42 Å². The molecule has 3 nitrogen and oxygen atoms in total. The van der Waals surface area contributed by atoms with E-state index in [2.05, 4.69) is 9.97 Å². The van der Waals surface area contributed by atoms with E-state index in [1.165, 1.54) is 12.8 Å². The van der Waals surface area contributed by atoms with Gasteiger partial charge >= 0.3 is 0 Å². The number of hydrogen-bond acceptors (Lipinski definition) is 4. The van der Waals surface area contributed by atoms with Gasteiger partial charge in [-0.3, -0.25) is 0 Å². The molecule has 0 spiro atoms. The summed E-state index contributed by atoms with van der Waals surface area (Å²) in [4.78, 5) is 8.57. The summed E-state index contributed by atoms with van der Waals surface area (Å²) in [6.07, 6.45) is 5.92. The molecule has 1 saturated carbocycles. The van der Waals surface area contributed by atoms with Crippen LogP contribution in [0.3, 0.4) is 0 Å². The highest BCUT2D eigenvalue weighted by molar-refractivity contribution is 7.13. The molecule has 0 radical (unpaired) electrons. The van der Waals surface area contributed by atoms with Gasteiger partial charge in [-0.1, -0.05) is 0 Å². The molecule has 0 saturated heterocycles. The predicted molar refractivity (Wildman–Crippen MR) is 49.6 cm³/mol. The summed E-state index contributed by atoms with van der Waals surface area (Å²) in [6.45, 7) is 0. The van der Waals surface area contributed by atoms with Gasteiger partial charge in [-0.15, -0.1) is 11.3 Å². The fraction of sp³-hybridized carbons (Fsp3) is 0.333. The van der Waals surface area contributed by atoms with Crippen molar-refractivity contribution in [3.05, 3.63) is 23.7 Å². The summed E-state index contributed by atoms with van der Waals surface area (Å²) >= 11 is 1.59. The molecule has 1 aliphatic rings. The van der Waals surface area contributed by atoms with E-state index in [9.17, 15) is 0 Å². The minimum Gasteiger partial charge on any atom is -0.448 e. The van der Waals surface area contributed by atoms with E-state index in [1.54, 1.807) is 23.8 Å². The minimum absolute atomic E-state index is 0.578. The quantitative estimate of drug-likeness (QED) is 0.734. The first-order valence-electron chi connectivity index (χ1n) is 4.29. The molecule has 3 rings (SSSR count). The zero-order valence-corrected chi connectivity index (χ0v) is 7.75.